The van der Waals surface area contributed by atoms with Crippen molar-refractivity contribution in [3.05, 3.63) is 88.9 Å². The summed E-state index contributed by atoms with van der Waals surface area (Å²) in [6, 6.07) is 20.0. The van der Waals surface area contributed by atoms with E-state index in [1.54, 1.807) is 28.9 Å². The summed E-state index contributed by atoms with van der Waals surface area (Å²) in [5, 5.41) is 0.575. The molecule has 3 aromatic rings. The van der Waals surface area contributed by atoms with E-state index in [0.717, 1.165) is 11.3 Å². The number of para-hydroxylation sites is 1. The van der Waals surface area contributed by atoms with Crippen LogP contribution in [0.5, 0.6) is 5.75 Å². The molecule has 3 atom stereocenters. The summed E-state index contributed by atoms with van der Waals surface area (Å²) in [6.07, 6.45) is -1.75. The molecule has 0 aliphatic carbocycles. The number of halogens is 2. The third-order valence-electron chi connectivity index (χ3n) is 6.35. The fraction of sp³-hybridized carbons (Fsp3) is 0.276. The lowest BCUT2D eigenvalue weighted by molar-refractivity contribution is -0.159. The Morgan fingerprint density at radius 3 is 2.34 bits per heavy atom. The minimum atomic E-state index is -2.26. The van der Waals surface area contributed by atoms with Gasteiger partial charge in [0.15, 0.2) is 0 Å². The number of carbonyl (C=O) groups excluding carboxylic acids is 3. The summed E-state index contributed by atoms with van der Waals surface area (Å²) in [7, 11) is 0. The van der Waals surface area contributed by atoms with Crippen LogP contribution >= 0.6 is 11.6 Å². The molecular formula is C29H28ClFN2O5. The number of amides is 2. The van der Waals surface area contributed by atoms with E-state index in [9.17, 15) is 18.8 Å². The van der Waals surface area contributed by atoms with Crippen molar-refractivity contribution in [3.8, 4) is 5.75 Å². The van der Waals surface area contributed by atoms with E-state index in [1.807, 2.05) is 43.3 Å². The predicted octanol–water partition coefficient (Wildman–Crippen LogP) is 6.11. The lowest BCUT2D eigenvalue weighted by atomic mass is 9.89. The van der Waals surface area contributed by atoms with Gasteiger partial charge in [0.2, 0.25) is 5.91 Å². The summed E-state index contributed by atoms with van der Waals surface area (Å²) in [5.74, 6) is -1.39. The van der Waals surface area contributed by atoms with Crippen molar-refractivity contribution in [1.82, 2.24) is 0 Å². The Kier molecular flexibility index (Phi) is 8.32. The molecule has 1 aliphatic rings. The molecule has 0 bridgehead atoms. The van der Waals surface area contributed by atoms with Crippen molar-refractivity contribution >= 4 is 40.8 Å². The van der Waals surface area contributed by atoms with Gasteiger partial charge in [-0.1, -0.05) is 29.8 Å². The van der Waals surface area contributed by atoms with Crippen LogP contribution < -0.4 is 14.5 Å². The maximum Gasteiger partial charge on any atom is 0.381 e. The number of hydrogen-bond acceptors (Lipinski definition) is 5. The molecule has 198 valence electrons. The van der Waals surface area contributed by atoms with Crippen LogP contribution in [0.1, 0.15) is 49.2 Å². The second-order valence-corrected chi connectivity index (χ2v) is 9.35. The molecule has 0 aromatic heterocycles. The zero-order valence-electron chi connectivity index (χ0n) is 21.3. The molecule has 0 spiro atoms. The van der Waals surface area contributed by atoms with E-state index in [-0.39, 0.29) is 36.3 Å². The van der Waals surface area contributed by atoms with E-state index < -0.39 is 12.3 Å². The van der Waals surface area contributed by atoms with Gasteiger partial charge in [-0.05, 0) is 80.4 Å². The maximum atomic E-state index is 13.9. The molecule has 1 heterocycles. The Morgan fingerprint density at radius 2 is 1.71 bits per heavy atom. The van der Waals surface area contributed by atoms with E-state index in [0.29, 0.717) is 22.7 Å². The molecule has 0 N–H and O–H groups in total. The standard InChI is InChI=1S/C29H28ClFN2O5/c1-4-37-29(36)27(31)38-23-15-9-20(10-16-23)28(35)32-18(2)17-26(24-7-5-6-8-25(24)32)33(19(3)34)22-13-11-21(30)12-14-22/h5-16,18,26-27H,4,17H2,1-3H3/t18?,26-,27-/m1/s1. The number of rotatable bonds is 7. The average Bonchev–Trinajstić information content (AvgIpc) is 2.90. The summed E-state index contributed by atoms with van der Waals surface area (Å²) in [4.78, 5) is 41.4. The molecule has 0 saturated heterocycles. The SMILES string of the molecule is CCOC(=O)[C@H](F)Oc1ccc(C(=O)N2c3ccccc3[C@H](N(C(C)=O)c3ccc(Cl)cc3)CC2C)cc1. The number of fused-ring (bicyclic) bond motifs is 1. The molecule has 9 heteroatoms. The highest BCUT2D eigenvalue weighted by atomic mass is 35.5. The molecule has 0 saturated carbocycles. The molecule has 0 fully saturated rings. The zero-order valence-corrected chi connectivity index (χ0v) is 22.0. The Bertz CT molecular complexity index is 1320. The van der Waals surface area contributed by atoms with E-state index >= 15 is 0 Å². The van der Waals surface area contributed by atoms with Crippen LogP contribution in [-0.2, 0) is 14.3 Å². The van der Waals surface area contributed by atoms with Gasteiger partial charge in [-0.15, -0.1) is 0 Å². The van der Waals surface area contributed by atoms with Gasteiger partial charge >= 0.3 is 12.3 Å². The van der Waals surface area contributed by atoms with Crippen molar-refractivity contribution < 1.29 is 28.2 Å². The third-order valence-corrected chi connectivity index (χ3v) is 6.60. The number of hydrogen-bond donors (Lipinski definition) is 0. The van der Waals surface area contributed by atoms with Crippen molar-refractivity contribution in [2.75, 3.05) is 16.4 Å². The first-order valence-electron chi connectivity index (χ1n) is 12.3. The van der Waals surface area contributed by atoms with Crippen LogP contribution in [0.15, 0.2) is 72.8 Å². The number of esters is 1. The van der Waals surface area contributed by atoms with Gasteiger partial charge in [-0.3, -0.25) is 9.59 Å². The molecular weight excluding hydrogens is 511 g/mol. The smallest absolute Gasteiger partial charge is 0.381 e. The molecule has 0 radical (unpaired) electrons. The van der Waals surface area contributed by atoms with Gasteiger partial charge in [0, 0.05) is 34.9 Å². The molecule has 1 unspecified atom stereocenters. The first-order valence-corrected chi connectivity index (χ1v) is 12.6. The van der Waals surface area contributed by atoms with Crippen LogP contribution in [-0.4, -0.2) is 36.8 Å². The van der Waals surface area contributed by atoms with Crippen molar-refractivity contribution in [3.63, 3.8) is 0 Å². The number of alkyl halides is 1. The Labute approximate surface area is 225 Å². The van der Waals surface area contributed by atoms with Gasteiger partial charge in [0.25, 0.3) is 5.91 Å². The monoisotopic (exact) mass is 538 g/mol. The summed E-state index contributed by atoms with van der Waals surface area (Å²) in [5.41, 5.74) is 2.63. The Morgan fingerprint density at radius 1 is 1.05 bits per heavy atom. The fourth-order valence-electron chi connectivity index (χ4n) is 4.71. The molecule has 1 aliphatic heterocycles. The van der Waals surface area contributed by atoms with Crippen LogP contribution in [0, 0.1) is 0 Å². The molecule has 4 rings (SSSR count). The number of nitrogens with zero attached hydrogens (tertiary/aromatic N) is 2. The van der Waals surface area contributed by atoms with Crippen molar-refractivity contribution in [1.29, 1.82) is 0 Å². The first-order chi connectivity index (χ1) is 18.2. The largest absolute Gasteiger partial charge is 0.461 e. The van der Waals surface area contributed by atoms with Gasteiger partial charge in [-0.2, -0.15) is 4.39 Å². The van der Waals surface area contributed by atoms with E-state index in [2.05, 4.69) is 4.74 Å². The average molecular weight is 539 g/mol. The molecule has 2 amide bonds. The Hall–Kier alpha value is -3.91. The van der Waals surface area contributed by atoms with Gasteiger partial charge in [0.05, 0.1) is 12.6 Å². The number of carbonyl (C=O) groups is 3. The van der Waals surface area contributed by atoms with E-state index in [1.165, 1.54) is 31.2 Å². The zero-order chi connectivity index (χ0) is 27.4. The normalized spacial score (nSPS) is 17.2. The van der Waals surface area contributed by atoms with Crippen LogP contribution in [0.3, 0.4) is 0 Å². The first kappa shape index (κ1) is 27.1. The maximum absolute atomic E-state index is 13.9. The van der Waals surface area contributed by atoms with Gasteiger partial charge < -0.3 is 19.3 Å². The Balaban J connectivity index is 1.61. The summed E-state index contributed by atoms with van der Waals surface area (Å²) in [6.45, 7) is 5.07. The highest BCUT2D eigenvalue weighted by Gasteiger charge is 2.38. The van der Waals surface area contributed by atoms with Crippen LogP contribution in [0.25, 0.3) is 0 Å². The molecule has 7 nitrogen and oxygen atoms in total. The summed E-state index contributed by atoms with van der Waals surface area (Å²) >= 11 is 6.06. The number of benzene rings is 3. The minimum Gasteiger partial charge on any atom is -0.461 e. The second-order valence-electron chi connectivity index (χ2n) is 8.91. The highest BCUT2D eigenvalue weighted by molar-refractivity contribution is 6.30. The van der Waals surface area contributed by atoms with Crippen molar-refractivity contribution in [2.24, 2.45) is 0 Å². The highest BCUT2D eigenvalue weighted by Crippen LogP contribution is 2.43. The lowest BCUT2D eigenvalue weighted by Crippen LogP contribution is -2.47. The molecule has 38 heavy (non-hydrogen) atoms. The minimum absolute atomic E-state index is 0.0380. The number of ether oxygens (including phenoxy) is 2. The molecule has 3 aromatic carbocycles. The van der Waals surface area contributed by atoms with E-state index in [4.69, 9.17) is 16.3 Å². The van der Waals surface area contributed by atoms with Gasteiger partial charge in [0.1, 0.15) is 5.75 Å². The third kappa shape index (κ3) is 5.65. The van der Waals surface area contributed by atoms with Gasteiger partial charge in [-0.25, -0.2) is 4.79 Å². The quantitative estimate of drug-likeness (QED) is 0.339. The lowest BCUT2D eigenvalue weighted by Gasteiger charge is -2.43. The van der Waals surface area contributed by atoms with Crippen LogP contribution in [0.4, 0.5) is 15.8 Å². The van der Waals surface area contributed by atoms with Crippen LogP contribution in [0.2, 0.25) is 5.02 Å². The fourth-order valence-corrected chi connectivity index (χ4v) is 4.84. The summed E-state index contributed by atoms with van der Waals surface area (Å²) < 4.78 is 23.5. The number of anilines is 2. The predicted molar refractivity (Wildman–Crippen MR) is 143 cm³/mol. The second kappa shape index (κ2) is 11.6. The van der Waals surface area contributed by atoms with Crippen molar-refractivity contribution in [2.45, 2.75) is 45.6 Å². The topological polar surface area (TPSA) is 76.2 Å².